The lowest BCUT2D eigenvalue weighted by atomic mass is 9.91. The Morgan fingerprint density at radius 2 is 1.53 bits per heavy atom. The molecule has 1 unspecified atom stereocenters. The lowest BCUT2D eigenvalue weighted by Gasteiger charge is -2.37. The number of anilines is 1. The Labute approximate surface area is 254 Å². The van der Waals surface area contributed by atoms with Gasteiger partial charge in [-0.15, -0.1) is 0 Å². The normalized spacial score (nSPS) is 15.5. The van der Waals surface area contributed by atoms with Crippen molar-refractivity contribution < 1.29 is 45.5 Å². The molecule has 13 heteroatoms. The zero-order valence-electron chi connectivity index (χ0n) is 24.2. The van der Waals surface area contributed by atoms with Crippen LogP contribution in [0.3, 0.4) is 0 Å². The molecule has 3 aromatic rings. The summed E-state index contributed by atoms with van der Waals surface area (Å²) in [6.07, 6.45) is -8.86. The van der Waals surface area contributed by atoms with Crippen LogP contribution in [0.2, 0.25) is 0 Å². The number of alkyl halides is 6. The van der Waals surface area contributed by atoms with Crippen LogP contribution in [0.15, 0.2) is 78.4 Å². The molecule has 1 aliphatic rings. The quantitative estimate of drug-likeness (QED) is 0.186. The second kappa shape index (κ2) is 13.4. The number of nitrogens with one attached hydrogen (secondary N) is 2. The third kappa shape index (κ3) is 7.65. The minimum atomic E-state index is -5.13. The molecule has 0 saturated heterocycles. The first-order valence-electron chi connectivity index (χ1n) is 14.0. The van der Waals surface area contributed by atoms with Crippen molar-refractivity contribution in [2.45, 2.75) is 45.1 Å². The molecule has 2 N–H and O–H groups in total. The van der Waals surface area contributed by atoms with Crippen molar-refractivity contribution >= 4 is 29.3 Å². The van der Waals surface area contributed by atoms with Crippen LogP contribution in [0.1, 0.15) is 65.3 Å². The fourth-order valence-electron chi connectivity index (χ4n) is 4.85. The van der Waals surface area contributed by atoms with Crippen molar-refractivity contribution in [3.8, 4) is 0 Å². The van der Waals surface area contributed by atoms with E-state index in [4.69, 9.17) is 4.74 Å². The third-order valence-electron chi connectivity index (χ3n) is 6.93. The van der Waals surface area contributed by atoms with E-state index in [9.17, 15) is 40.7 Å². The van der Waals surface area contributed by atoms with E-state index in [1.165, 1.54) is 23.1 Å². The number of rotatable bonds is 9. The molecule has 1 heterocycles. The van der Waals surface area contributed by atoms with Crippen molar-refractivity contribution in [2.75, 3.05) is 18.5 Å². The molecule has 238 valence electrons. The summed E-state index contributed by atoms with van der Waals surface area (Å²) in [5.74, 6) is -1.94. The van der Waals surface area contributed by atoms with Gasteiger partial charge in [-0.2, -0.15) is 26.3 Å². The third-order valence-corrected chi connectivity index (χ3v) is 6.93. The van der Waals surface area contributed by atoms with E-state index in [2.05, 4.69) is 10.6 Å². The smallest absolute Gasteiger partial charge is 0.416 e. The van der Waals surface area contributed by atoms with Crippen LogP contribution >= 0.6 is 0 Å². The summed E-state index contributed by atoms with van der Waals surface area (Å²) >= 11 is 0. The van der Waals surface area contributed by atoms with Crippen molar-refractivity contribution in [1.29, 1.82) is 0 Å². The molecule has 0 bridgehead atoms. The molecule has 4 rings (SSSR count). The highest BCUT2D eigenvalue weighted by atomic mass is 19.4. The number of ether oxygens (including phenoxy) is 1. The Kier molecular flexibility index (Phi) is 9.89. The van der Waals surface area contributed by atoms with Crippen LogP contribution in [0, 0.1) is 0 Å². The summed E-state index contributed by atoms with van der Waals surface area (Å²) in [4.78, 5) is 41.3. The zero-order chi connectivity index (χ0) is 32.9. The summed E-state index contributed by atoms with van der Waals surface area (Å²) in [6.45, 7) is 3.91. The number of nitrogens with zero attached hydrogens (tertiary/aromatic N) is 1. The number of hydrogen-bond donors (Lipinski definition) is 2. The van der Waals surface area contributed by atoms with Gasteiger partial charge in [0.05, 0.1) is 35.0 Å². The van der Waals surface area contributed by atoms with Crippen LogP contribution in [0.25, 0.3) is 5.70 Å². The van der Waals surface area contributed by atoms with Gasteiger partial charge in [-0.25, -0.2) is 9.59 Å². The second-order valence-corrected chi connectivity index (χ2v) is 10.1. The maximum Gasteiger partial charge on any atom is 0.416 e. The van der Waals surface area contributed by atoms with E-state index in [-0.39, 0.29) is 23.9 Å². The molecule has 3 amide bonds. The van der Waals surface area contributed by atoms with Crippen LogP contribution < -0.4 is 10.6 Å². The van der Waals surface area contributed by atoms with Gasteiger partial charge < -0.3 is 15.4 Å². The van der Waals surface area contributed by atoms with Crippen LogP contribution in [0.5, 0.6) is 0 Å². The second-order valence-electron chi connectivity index (χ2n) is 10.1. The maximum absolute atomic E-state index is 13.5. The fraction of sp³-hybridized carbons (Fsp3) is 0.281. The van der Waals surface area contributed by atoms with E-state index in [0.29, 0.717) is 41.9 Å². The first kappa shape index (κ1) is 33.1. The number of halogens is 6. The minimum Gasteiger partial charge on any atom is -0.463 e. The molecule has 0 saturated carbocycles. The van der Waals surface area contributed by atoms with Gasteiger partial charge in [0.2, 0.25) is 0 Å². The Morgan fingerprint density at radius 3 is 2.11 bits per heavy atom. The SMILES string of the molecule is CCCCN1C(=O)NC(c2cccc(NC(=O)c3cc(C(F)(F)F)cc(C(F)(F)F)c3)c2)C(C(=O)OCC)=C1c1ccccc1. The Morgan fingerprint density at radius 1 is 0.889 bits per heavy atom. The monoisotopic (exact) mass is 633 g/mol. The Hall–Kier alpha value is -4.81. The molecular weight excluding hydrogens is 604 g/mol. The summed E-state index contributed by atoms with van der Waals surface area (Å²) < 4.78 is 85.4. The summed E-state index contributed by atoms with van der Waals surface area (Å²) in [5, 5.41) is 5.13. The molecule has 0 aliphatic carbocycles. The number of benzene rings is 3. The topological polar surface area (TPSA) is 87.7 Å². The average molecular weight is 634 g/mol. The molecule has 45 heavy (non-hydrogen) atoms. The predicted molar refractivity (Wildman–Crippen MR) is 154 cm³/mol. The van der Waals surface area contributed by atoms with E-state index in [0.717, 1.165) is 6.42 Å². The largest absolute Gasteiger partial charge is 0.463 e. The highest BCUT2D eigenvalue weighted by Crippen LogP contribution is 2.39. The molecule has 0 radical (unpaired) electrons. The van der Waals surface area contributed by atoms with Crippen LogP contribution in [-0.4, -0.2) is 36.0 Å². The van der Waals surface area contributed by atoms with Gasteiger partial charge in [0.25, 0.3) is 5.91 Å². The number of unbranched alkanes of at least 4 members (excludes halogenated alkanes) is 1. The summed E-state index contributed by atoms with van der Waals surface area (Å²) in [6, 6.07) is 13.5. The first-order valence-corrected chi connectivity index (χ1v) is 14.0. The molecule has 0 aromatic heterocycles. The summed E-state index contributed by atoms with van der Waals surface area (Å²) in [5.41, 5.74) is -2.82. The van der Waals surface area contributed by atoms with Crippen molar-refractivity contribution in [3.63, 3.8) is 0 Å². The lowest BCUT2D eigenvalue weighted by Crippen LogP contribution is -2.48. The zero-order valence-corrected chi connectivity index (χ0v) is 24.2. The van der Waals surface area contributed by atoms with E-state index in [1.54, 1.807) is 43.3 Å². The molecule has 1 atom stereocenters. The van der Waals surface area contributed by atoms with Gasteiger partial charge in [0.15, 0.2) is 0 Å². The Bertz CT molecular complexity index is 1570. The number of amides is 3. The fourth-order valence-corrected chi connectivity index (χ4v) is 4.85. The number of urea groups is 1. The number of carbonyl (C=O) groups is 3. The molecule has 1 aliphatic heterocycles. The van der Waals surface area contributed by atoms with Gasteiger partial charge in [-0.3, -0.25) is 9.69 Å². The molecule has 7 nitrogen and oxygen atoms in total. The van der Waals surface area contributed by atoms with Crippen molar-refractivity contribution in [2.24, 2.45) is 0 Å². The number of hydrogen-bond acceptors (Lipinski definition) is 4. The van der Waals surface area contributed by atoms with Crippen LogP contribution in [0.4, 0.5) is 36.8 Å². The minimum absolute atomic E-state index is 0.00407. The van der Waals surface area contributed by atoms with Crippen molar-refractivity contribution in [3.05, 3.63) is 106 Å². The Balaban J connectivity index is 1.78. The van der Waals surface area contributed by atoms with E-state index in [1.807, 2.05) is 6.92 Å². The summed E-state index contributed by atoms with van der Waals surface area (Å²) in [7, 11) is 0. The highest BCUT2D eigenvalue weighted by molar-refractivity contribution is 6.06. The van der Waals surface area contributed by atoms with Gasteiger partial charge in [-0.1, -0.05) is 55.8 Å². The number of esters is 1. The predicted octanol–water partition coefficient (Wildman–Crippen LogP) is 7.82. The molecular formula is C32H29F6N3O4. The average Bonchev–Trinajstić information content (AvgIpc) is 2.99. The van der Waals surface area contributed by atoms with Crippen LogP contribution in [-0.2, 0) is 21.9 Å². The maximum atomic E-state index is 13.5. The molecule has 0 fully saturated rings. The lowest BCUT2D eigenvalue weighted by molar-refractivity contribution is -0.143. The van der Waals surface area contributed by atoms with Gasteiger partial charge in [-0.05, 0) is 54.8 Å². The van der Waals surface area contributed by atoms with Gasteiger partial charge >= 0.3 is 24.4 Å². The van der Waals surface area contributed by atoms with E-state index < -0.39 is 53.0 Å². The number of carbonyl (C=O) groups excluding carboxylic acids is 3. The standard InChI is InChI=1S/C32H29F6N3O4/c1-3-5-14-41-27(19-10-7-6-8-11-19)25(29(43)45-4-2)26(40-30(41)44)20-12-9-13-24(17-20)39-28(42)21-15-22(31(33,34)35)18-23(16-21)32(36,37)38/h6-13,15-18,26H,3-5,14H2,1-2H3,(H,39,42)(H,40,44). The molecule has 0 spiro atoms. The van der Waals surface area contributed by atoms with Crippen molar-refractivity contribution in [1.82, 2.24) is 10.2 Å². The highest BCUT2D eigenvalue weighted by Gasteiger charge is 2.40. The van der Waals surface area contributed by atoms with Gasteiger partial charge in [0.1, 0.15) is 0 Å². The first-order chi connectivity index (χ1) is 21.2. The van der Waals surface area contributed by atoms with E-state index >= 15 is 0 Å². The molecule has 3 aromatic carbocycles. The van der Waals surface area contributed by atoms with Gasteiger partial charge in [0, 0.05) is 17.8 Å².